The average Bonchev–Trinajstić information content (AvgIpc) is 2.65. The Morgan fingerprint density at radius 1 is 1.23 bits per heavy atom. The molecule has 0 bridgehead atoms. The molecule has 0 saturated heterocycles. The first-order valence-corrected chi connectivity index (χ1v) is 9.07. The molecule has 0 aliphatic carbocycles. The number of amides is 1. The van der Waals surface area contributed by atoms with Crippen molar-refractivity contribution in [1.29, 1.82) is 0 Å². The second-order valence-electron chi connectivity index (χ2n) is 5.03. The number of carbonyl (C=O) groups excluding carboxylic acids is 2. The number of hydrogen-bond donors (Lipinski definition) is 1. The van der Waals surface area contributed by atoms with Crippen LogP contribution in [0.3, 0.4) is 0 Å². The minimum absolute atomic E-state index is 0.0218. The van der Waals surface area contributed by atoms with Crippen molar-refractivity contribution < 1.29 is 27.5 Å². The monoisotopic (exact) mass is 382 g/mol. The van der Waals surface area contributed by atoms with Crippen LogP contribution in [0.15, 0.2) is 48.4 Å². The Labute approximate surface area is 153 Å². The molecule has 0 spiro atoms. The van der Waals surface area contributed by atoms with E-state index in [1.54, 1.807) is 12.2 Å². The second-order valence-corrected chi connectivity index (χ2v) is 6.88. The van der Waals surface area contributed by atoms with Crippen molar-refractivity contribution in [3.05, 3.63) is 49.1 Å². The van der Waals surface area contributed by atoms with Crippen LogP contribution in [0.25, 0.3) is 0 Å². The van der Waals surface area contributed by atoms with Gasteiger partial charge in [-0.2, -0.15) is 0 Å². The highest BCUT2D eigenvalue weighted by Gasteiger charge is 2.21. The molecule has 0 aromatic heterocycles. The molecule has 142 valence electrons. The van der Waals surface area contributed by atoms with E-state index in [4.69, 9.17) is 9.47 Å². The van der Waals surface area contributed by atoms with Crippen molar-refractivity contribution in [1.82, 2.24) is 9.62 Å². The summed E-state index contributed by atoms with van der Waals surface area (Å²) in [5.74, 6) is -1.17. The summed E-state index contributed by atoms with van der Waals surface area (Å²) in [5, 5.41) is 0. The highest BCUT2D eigenvalue weighted by Crippen LogP contribution is 2.25. The predicted molar refractivity (Wildman–Crippen MR) is 96.5 cm³/mol. The number of carbonyl (C=O) groups is 2. The Balaban J connectivity index is 2.94. The van der Waals surface area contributed by atoms with E-state index in [2.05, 4.69) is 17.9 Å². The predicted octanol–water partition coefficient (Wildman–Crippen LogP) is 0.961. The molecule has 26 heavy (non-hydrogen) atoms. The zero-order valence-corrected chi connectivity index (χ0v) is 15.5. The molecule has 0 atom stereocenters. The minimum Gasteiger partial charge on any atom is -0.495 e. The van der Waals surface area contributed by atoms with Gasteiger partial charge in [-0.05, 0) is 25.2 Å². The Bertz CT molecular complexity index is 778. The normalized spacial score (nSPS) is 10.7. The number of sulfonamides is 1. The number of nitrogens with zero attached hydrogens (tertiary/aromatic N) is 1. The van der Waals surface area contributed by atoms with Gasteiger partial charge in [0.2, 0.25) is 10.0 Å². The van der Waals surface area contributed by atoms with Crippen LogP contribution in [-0.2, 0) is 19.6 Å². The number of ether oxygens (including phenoxy) is 2. The number of rotatable bonds is 10. The third-order valence-electron chi connectivity index (χ3n) is 3.34. The van der Waals surface area contributed by atoms with Gasteiger partial charge in [-0.1, -0.05) is 12.2 Å². The summed E-state index contributed by atoms with van der Waals surface area (Å²) < 4.78 is 36.2. The second kappa shape index (κ2) is 9.73. The largest absolute Gasteiger partial charge is 0.495 e. The maximum absolute atomic E-state index is 12.2. The molecule has 8 nitrogen and oxygen atoms in total. The molecule has 0 heterocycles. The van der Waals surface area contributed by atoms with Crippen LogP contribution in [0.4, 0.5) is 0 Å². The molecule has 1 N–H and O–H groups in total. The van der Waals surface area contributed by atoms with Crippen molar-refractivity contribution in [3.8, 4) is 5.75 Å². The Hall–Kier alpha value is -2.65. The Morgan fingerprint density at radius 2 is 1.85 bits per heavy atom. The molecule has 0 saturated carbocycles. The molecule has 1 aromatic rings. The fourth-order valence-electron chi connectivity index (χ4n) is 2.02. The topological polar surface area (TPSA) is 102 Å². The van der Waals surface area contributed by atoms with Gasteiger partial charge in [0.15, 0.2) is 6.61 Å². The van der Waals surface area contributed by atoms with E-state index in [9.17, 15) is 18.0 Å². The highest BCUT2D eigenvalue weighted by atomic mass is 32.2. The Morgan fingerprint density at radius 3 is 2.35 bits per heavy atom. The molecule has 9 heteroatoms. The van der Waals surface area contributed by atoms with Crippen LogP contribution in [0.1, 0.15) is 10.4 Å². The SMILES string of the molecule is C=CCN(CC=C)C(=O)COC(=O)c1ccc(OC)c(S(=O)(=O)NC)c1. The van der Waals surface area contributed by atoms with Gasteiger partial charge >= 0.3 is 5.97 Å². The van der Waals surface area contributed by atoms with Crippen molar-refractivity contribution >= 4 is 21.9 Å². The van der Waals surface area contributed by atoms with E-state index in [1.807, 2.05) is 0 Å². The molecule has 1 aromatic carbocycles. The molecular formula is C17H22N2O6S. The maximum atomic E-state index is 12.2. The van der Waals surface area contributed by atoms with Crippen molar-refractivity contribution in [3.63, 3.8) is 0 Å². The third kappa shape index (κ3) is 5.43. The lowest BCUT2D eigenvalue weighted by molar-refractivity contribution is -0.133. The van der Waals surface area contributed by atoms with Gasteiger partial charge in [0.25, 0.3) is 5.91 Å². The zero-order chi connectivity index (χ0) is 19.7. The summed E-state index contributed by atoms with van der Waals surface area (Å²) in [6.07, 6.45) is 3.09. The smallest absolute Gasteiger partial charge is 0.338 e. The molecule has 1 amide bonds. The van der Waals surface area contributed by atoms with Crippen LogP contribution in [0.2, 0.25) is 0 Å². The molecule has 1 rings (SSSR count). The van der Waals surface area contributed by atoms with Gasteiger partial charge in [0.1, 0.15) is 10.6 Å². The summed E-state index contributed by atoms with van der Waals surface area (Å²) in [5.41, 5.74) is -0.0218. The summed E-state index contributed by atoms with van der Waals surface area (Å²) in [4.78, 5) is 25.4. The number of nitrogens with one attached hydrogen (secondary N) is 1. The van der Waals surface area contributed by atoms with Crippen LogP contribution in [0.5, 0.6) is 5.75 Å². The van der Waals surface area contributed by atoms with Gasteiger partial charge in [-0.25, -0.2) is 17.9 Å². The van der Waals surface area contributed by atoms with Crippen LogP contribution >= 0.6 is 0 Å². The van der Waals surface area contributed by atoms with E-state index >= 15 is 0 Å². The highest BCUT2D eigenvalue weighted by molar-refractivity contribution is 7.89. The van der Waals surface area contributed by atoms with Gasteiger partial charge in [0, 0.05) is 13.1 Å². The van der Waals surface area contributed by atoms with E-state index in [0.717, 1.165) is 6.07 Å². The number of methoxy groups -OCH3 is 1. The summed E-state index contributed by atoms with van der Waals surface area (Å²) in [7, 11) is -1.28. The van der Waals surface area contributed by atoms with Gasteiger partial charge in [-0.15, -0.1) is 13.2 Å². The van der Waals surface area contributed by atoms with E-state index in [1.165, 1.54) is 31.2 Å². The molecule has 0 unspecified atom stereocenters. The third-order valence-corrected chi connectivity index (χ3v) is 4.77. The lowest BCUT2D eigenvalue weighted by Gasteiger charge is -2.19. The average molecular weight is 382 g/mol. The van der Waals surface area contributed by atoms with Crippen LogP contribution in [-0.4, -0.2) is 59.0 Å². The first kappa shape index (κ1) is 21.4. The van der Waals surface area contributed by atoms with Crippen molar-refractivity contribution in [2.45, 2.75) is 4.90 Å². The van der Waals surface area contributed by atoms with Crippen molar-refractivity contribution in [2.75, 3.05) is 33.9 Å². The zero-order valence-electron chi connectivity index (χ0n) is 14.7. The van der Waals surface area contributed by atoms with E-state index < -0.39 is 28.5 Å². The maximum Gasteiger partial charge on any atom is 0.338 e. The quantitative estimate of drug-likeness (QED) is 0.478. The molecule has 0 aliphatic rings. The summed E-state index contributed by atoms with van der Waals surface area (Å²) in [6, 6.07) is 3.82. The van der Waals surface area contributed by atoms with E-state index in [0.29, 0.717) is 0 Å². The molecule has 0 fully saturated rings. The number of esters is 1. The van der Waals surface area contributed by atoms with Crippen molar-refractivity contribution in [2.24, 2.45) is 0 Å². The summed E-state index contributed by atoms with van der Waals surface area (Å²) in [6.45, 7) is 7.20. The first-order chi connectivity index (χ1) is 12.3. The molecular weight excluding hydrogens is 360 g/mol. The van der Waals surface area contributed by atoms with Gasteiger partial charge < -0.3 is 14.4 Å². The number of benzene rings is 1. The van der Waals surface area contributed by atoms with Crippen LogP contribution < -0.4 is 9.46 Å². The van der Waals surface area contributed by atoms with E-state index in [-0.39, 0.29) is 29.3 Å². The summed E-state index contributed by atoms with van der Waals surface area (Å²) >= 11 is 0. The fraction of sp³-hybridized carbons (Fsp3) is 0.294. The molecule has 0 radical (unpaired) electrons. The van der Waals surface area contributed by atoms with Gasteiger partial charge in [0.05, 0.1) is 12.7 Å². The fourth-order valence-corrected chi connectivity index (χ4v) is 2.93. The van der Waals surface area contributed by atoms with Crippen LogP contribution in [0, 0.1) is 0 Å². The minimum atomic E-state index is -3.84. The first-order valence-electron chi connectivity index (χ1n) is 7.59. The lowest BCUT2D eigenvalue weighted by Crippen LogP contribution is -2.35. The Kier molecular flexibility index (Phi) is 8.01. The lowest BCUT2D eigenvalue weighted by atomic mass is 10.2. The van der Waals surface area contributed by atoms with Gasteiger partial charge in [-0.3, -0.25) is 4.79 Å². The number of hydrogen-bond acceptors (Lipinski definition) is 6. The standard InChI is InChI=1S/C17H22N2O6S/c1-5-9-19(10-6-2)16(20)12-25-17(21)13-7-8-14(24-4)15(11-13)26(22,23)18-3/h5-8,11,18H,1-2,9-10,12H2,3-4H3. The molecule has 0 aliphatic heterocycles.